The standard InChI is InChI=1S/C21H19ClO3/c1-13-10-18(24-12-14-6-8-15(22)9-7-14)20-16-4-2-3-5-17(16)21(23)25-19(20)11-13/h6-11H,2-5,12H2,1H3. The molecular formula is C21H19ClO3. The molecule has 25 heavy (non-hydrogen) atoms. The first kappa shape index (κ1) is 16.2. The van der Waals surface area contributed by atoms with Gasteiger partial charge in [-0.25, -0.2) is 4.79 Å². The van der Waals surface area contributed by atoms with Crippen LogP contribution in [0.5, 0.6) is 5.75 Å². The lowest BCUT2D eigenvalue weighted by Gasteiger charge is -2.19. The average molecular weight is 355 g/mol. The van der Waals surface area contributed by atoms with Crippen molar-refractivity contribution in [2.75, 3.05) is 0 Å². The van der Waals surface area contributed by atoms with Crippen LogP contribution in [0.1, 0.15) is 35.1 Å². The van der Waals surface area contributed by atoms with Gasteiger partial charge in [0.2, 0.25) is 0 Å². The van der Waals surface area contributed by atoms with E-state index in [1.807, 2.05) is 43.3 Å². The van der Waals surface area contributed by atoms with Gasteiger partial charge in [0.15, 0.2) is 0 Å². The largest absolute Gasteiger partial charge is 0.488 e. The SMILES string of the molecule is Cc1cc(OCc2ccc(Cl)cc2)c2c3c(c(=O)oc2c1)CCCC3. The summed E-state index contributed by atoms with van der Waals surface area (Å²) < 4.78 is 11.7. The van der Waals surface area contributed by atoms with Crippen LogP contribution in [0.15, 0.2) is 45.6 Å². The number of benzene rings is 2. The Labute approximate surface area is 151 Å². The first-order valence-electron chi connectivity index (χ1n) is 8.58. The second-order valence-corrected chi connectivity index (χ2v) is 7.04. The Morgan fingerprint density at radius 1 is 1.08 bits per heavy atom. The fourth-order valence-corrected chi connectivity index (χ4v) is 3.65. The zero-order valence-corrected chi connectivity index (χ0v) is 14.9. The van der Waals surface area contributed by atoms with Crippen molar-refractivity contribution in [3.05, 3.63) is 74.1 Å². The Hall–Kier alpha value is -2.26. The third kappa shape index (κ3) is 3.16. The maximum absolute atomic E-state index is 12.3. The highest BCUT2D eigenvalue weighted by molar-refractivity contribution is 6.30. The van der Waals surface area contributed by atoms with Gasteiger partial charge in [-0.1, -0.05) is 23.7 Å². The van der Waals surface area contributed by atoms with E-state index in [-0.39, 0.29) is 5.63 Å². The maximum Gasteiger partial charge on any atom is 0.339 e. The zero-order valence-electron chi connectivity index (χ0n) is 14.1. The summed E-state index contributed by atoms with van der Waals surface area (Å²) in [6, 6.07) is 11.6. The van der Waals surface area contributed by atoms with Crippen LogP contribution < -0.4 is 10.4 Å². The molecule has 3 aromatic rings. The van der Waals surface area contributed by atoms with Crippen LogP contribution in [-0.2, 0) is 19.4 Å². The van der Waals surface area contributed by atoms with Crippen molar-refractivity contribution in [1.29, 1.82) is 0 Å². The van der Waals surface area contributed by atoms with Gasteiger partial charge in [0.05, 0.1) is 5.39 Å². The van der Waals surface area contributed by atoms with Crippen molar-refractivity contribution in [3.8, 4) is 5.75 Å². The number of aryl methyl sites for hydroxylation is 2. The summed E-state index contributed by atoms with van der Waals surface area (Å²) in [5.41, 5.74) is 4.40. The summed E-state index contributed by atoms with van der Waals surface area (Å²) in [4.78, 5) is 12.3. The molecule has 0 atom stereocenters. The molecule has 0 saturated heterocycles. The Kier molecular flexibility index (Phi) is 4.26. The molecule has 1 heterocycles. The predicted octanol–water partition coefficient (Wildman–Crippen LogP) is 5.21. The smallest absolute Gasteiger partial charge is 0.339 e. The predicted molar refractivity (Wildman–Crippen MR) is 99.6 cm³/mol. The highest BCUT2D eigenvalue weighted by Gasteiger charge is 2.21. The number of hydrogen-bond acceptors (Lipinski definition) is 3. The molecule has 4 rings (SSSR count). The summed E-state index contributed by atoms with van der Waals surface area (Å²) >= 11 is 5.94. The quantitative estimate of drug-likeness (QED) is 0.606. The average Bonchev–Trinajstić information content (AvgIpc) is 2.61. The van der Waals surface area contributed by atoms with E-state index in [4.69, 9.17) is 20.8 Å². The molecule has 0 bridgehead atoms. The Bertz CT molecular complexity index is 987. The van der Waals surface area contributed by atoms with Crippen LogP contribution in [0.25, 0.3) is 11.0 Å². The van der Waals surface area contributed by atoms with Crippen LogP contribution in [-0.4, -0.2) is 0 Å². The van der Waals surface area contributed by atoms with Crippen molar-refractivity contribution in [2.24, 2.45) is 0 Å². The van der Waals surface area contributed by atoms with Crippen LogP contribution in [0.3, 0.4) is 0 Å². The summed E-state index contributed by atoms with van der Waals surface area (Å²) in [5, 5.41) is 1.66. The molecule has 4 heteroatoms. The van der Waals surface area contributed by atoms with E-state index in [2.05, 4.69) is 0 Å². The van der Waals surface area contributed by atoms with Crippen LogP contribution >= 0.6 is 11.6 Å². The number of ether oxygens (including phenoxy) is 1. The molecule has 128 valence electrons. The minimum atomic E-state index is -0.198. The minimum absolute atomic E-state index is 0.198. The second-order valence-electron chi connectivity index (χ2n) is 6.61. The molecule has 0 spiro atoms. The minimum Gasteiger partial charge on any atom is -0.488 e. The molecule has 1 aliphatic rings. The Balaban J connectivity index is 1.79. The molecule has 1 aliphatic carbocycles. The fourth-order valence-electron chi connectivity index (χ4n) is 3.52. The zero-order chi connectivity index (χ0) is 17.4. The topological polar surface area (TPSA) is 39.4 Å². The van der Waals surface area contributed by atoms with Gasteiger partial charge in [-0.15, -0.1) is 0 Å². The van der Waals surface area contributed by atoms with E-state index in [0.29, 0.717) is 17.2 Å². The van der Waals surface area contributed by atoms with Gasteiger partial charge < -0.3 is 9.15 Å². The third-order valence-electron chi connectivity index (χ3n) is 4.74. The van der Waals surface area contributed by atoms with E-state index in [1.165, 1.54) is 0 Å². The fraction of sp³-hybridized carbons (Fsp3) is 0.286. The molecule has 3 nitrogen and oxygen atoms in total. The molecule has 0 saturated carbocycles. The van der Waals surface area contributed by atoms with E-state index >= 15 is 0 Å². The van der Waals surface area contributed by atoms with Crippen LogP contribution in [0.4, 0.5) is 0 Å². The maximum atomic E-state index is 12.3. The van der Waals surface area contributed by atoms with Gasteiger partial charge in [0.1, 0.15) is 17.9 Å². The molecule has 2 aromatic carbocycles. The van der Waals surface area contributed by atoms with E-state index in [0.717, 1.165) is 59.1 Å². The number of halogens is 1. The monoisotopic (exact) mass is 354 g/mol. The lowest BCUT2D eigenvalue weighted by Crippen LogP contribution is -2.16. The lowest BCUT2D eigenvalue weighted by molar-refractivity contribution is 0.309. The van der Waals surface area contributed by atoms with Crippen LogP contribution in [0.2, 0.25) is 5.02 Å². The third-order valence-corrected chi connectivity index (χ3v) is 4.99. The molecule has 0 aliphatic heterocycles. The van der Waals surface area contributed by atoms with E-state index in [9.17, 15) is 4.79 Å². The molecule has 0 amide bonds. The number of fused-ring (bicyclic) bond motifs is 3. The first-order valence-corrected chi connectivity index (χ1v) is 8.96. The molecule has 0 N–H and O–H groups in total. The Morgan fingerprint density at radius 2 is 1.80 bits per heavy atom. The van der Waals surface area contributed by atoms with Gasteiger partial charge in [-0.3, -0.25) is 0 Å². The van der Waals surface area contributed by atoms with Crippen molar-refractivity contribution < 1.29 is 9.15 Å². The summed E-state index contributed by atoms with van der Waals surface area (Å²) in [6.07, 6.45) is 3.82. The molecule has 0 unspecified atom stereocenters. The van der Waals surface area contributed by atoms with Crippen molar-refractivity contribution in [3.63, 3.8) is 0 Å². The molecule has 1 aromatic heterocycles. The van der Waals surface area contributed by atoms with Gasteiger partial charge in [0.25, 0.3) is 0 Å². The van der Waals surface area contributed by atoms with Gasteiger partial charge >= 0.3 is 5.63 Å². The van der Waals surface area contributed by atoms with Crippen molar-refractivity contribution in [2.45, 2.75) is 39.2 Å². The van der Waals surface area contributed by atoms with Crippen molar-refractivity contribution >= 4 is 22.6 Å². The molecule has 0 fully saturated rings. The highest BCUT2D eigenvalue weighted by Crippen LogP contribution is 2.35. The van der Waals surface area contributed by atoms with Crippen molar-refractivity contribution in [1.82, 2.24) is 0 Å². The Morgan fingerprint density at radius 3 is 2.56 bits per heavy atom. The van der Waals surface area contributed by atoms with E-state index in [1.54, 1.807) is 0 Å². The number of rotatable bonds is 3. The van der Waals surface area contributed by atoms with Gasteiger partial charge in [-0.2, -0.15) is 0 Å². The van der Waals surface area contributed by atoms with Gasteiger partial charge in [0, 0.05) is 10.6 Å². The molecule has 0 radical (unpaired) electrons. The second kappa shape index (κ2) is 6.57. The first-order chi connectivity index (χ1) is 12.1. The van der Waals surface area contributed by atoms with Gasteiger partial charge in [-0.05, 0) is 73.6 Å². The normalized spacial score (nSPS) is 13.7. The summed E-state index contributed by atoms with van der Waals surface area (Å²) in [6.45, 7) is 2.43. The van der Waals surface area contributed by atoms with Crippen LogP contribution in [0, 0.1) is 6.92 Å². The summed E-state index contributed by atoms with van der Waals surface area (Å²) in [5.74, 6) is 0.784. The summed E-state index contributed by atoms with van der Waals surface area (Å²) in [7, 11) is 0. The number of hydrogen-bond donors (Lipinski definition) is 0. The van der Waals surface area contributed by atoms with E-state index < -0.39 is 0 Å². The molecular weight excluding hydrogens is 336 g/mol. The highest BCUT2D eigenvalue weighted by atomic mass is 35.5. The lowest BCUT2D eigenvalue weighted by atomic mass is 9.90.